The van der Waals surface area contributed by atoms with Crippen LogP contribution < -0.4 is 5.32 Å². The molecule has 2 aliphatic carbocycles. The summed E-state index contributed by atoms with van der Waals surface area (Å²) in [7, 11) is 0. The highest BCUT2D eigenvalue weighted by Gasteiger charge is 2.59. The fourth-order valence-corrected chi connectivity index (χ4v) is 5.31. The van der Waals surface area contributed by atoms with Gasteiger partial charge in [0.15, 0.2) is 5.60 Å². The average Bonchev–Trinajstić information content (AvgIpc) is 3.10. The van der Waals surface area contributed by atoms with Crippen LogP contribution in [0.5, 0.6) is 0 Å². The topological polar surface area (TPSA) is 52.6 Å². The number of likely N-dealkylation sites (tertiary alicyclic amines) is 1. The lowest BCUT2D eigenvalue weighted by Gasteiger charge is -2.40. The molecule has 4 rings (SSSR count). The second kappa shape index (κ2) is 6.97. The van der Waals surface area contributed by atoms with Gasteiger partial charge in [0.2, 0.25) is 0 Å². The lowest BCUT2D eigenvalue weighted by Crippen LogP contribution is -2.52. The summed E-state index contributed by atoms with van der Waals surface area (Å²) in [5.74, 6) is 1.10. The number of hydrogen-bond acceptors (Lipinski definition) is 3. The van der Waals surface area contributed by atoms with Crippen LogP contribution in [0.15, 0.2) is 30.3 Å². The van der Waals surface area contributed by atoms with Crippen molar-refractivity contribution >= 4 is 5.91 Å². The van der Waals surface area contributed by atoms with Gasteiger partial charge in [0.25, 0.3) is 5.91 Å². The van der Waals surface area contributed by atoms with Gasteiger partial charge in [-0.05, 0) is 30.2 Å². The van der Waals surface area contributed by atoms with E-state index in [1.54, 1.807) is 0 Å². The summed E-state index contributed by atoms with van der Waals surface area (Å²) in [5, 5.41) is 15.4. The molecule has 3 atom stereocenters. The second-order valence-electron chi connectivity index (χ2n) is 8.85. The quantitative estimate of drug-likeness (QED) is 0.853. The van der Waals surface area contributed by atoms with Crippen molar-refractivity contribution in [3.05, 3.63) is 35.9 Å². The minimum absolute atomic E-state index is 0.0349. The summed E-state index contributed by atoms with van der Waals surface area (Å²) < 4.78 is 0. The van der Waals surface area contributed by atoms with E-state index in [-0.39, 0.29) is 11.8 Å². The molecule has 0 spiro atoms. The molecule has 1 aromatic carbocycles. The molecular weight excluding hydrogens is 324 g/mol. The number of carbonyl (C=O) groups excluding carboxylic acids is 1. The van der Waals surface area contributed by atoms with Crippen molar-refractivity contribution in [1.82, 2.24) is 10.2 Å². The van der Waals surface area contributed by atoms with E-state index in [1.807, 2.05) is 35.2 Å². The molecule has 26 heavy (non-hydrogen) atoms. The molecule has 3 unspecified atom stereocenters. The van der Waals surface area contributed by atoms with Gasteiger partial charge >= 0.3 is 0 Å². The third kappa shape index (κ3) is 3.07. The molecule has 2 N–H and O–H groups in total. The Morgan fingerprint density at radius 1 is 1.12 bits per heavy atom. The molecule has 1 amide bonds. The van der Waals surface area contributed by atoms with Gasteiger partial charge in [-0.3, -0.25) is 4.79 Å². The van der Waals surface area contributed by atoms with Gasteiger partial charge in [-0.1, -0.05) is 63.4 Å². The first-order valence-electron chi connectivity index (χ1n) is 10.3. The maximum absolute atomic E-state index is 13.5. The van der Waals surface area contributed by atoms with Gasteiger partial charge in [0, 0.05) is 31.1 Å². The van der Waals surface area contributed by atoms with E-state index in [1.165, 1.54) is 6.42 Å². The first-order valence-corrected chi connectivity index (χ1v) is 10.3. The Morgan fingerprint density at radius 2 is 1.73 bits per heavy atom. The molecule has 4 heteroatoms. The predicted molar refractivity (Wildman–Crippen MR) is 103 cm³/mol. The number of fused-ring (bicyclic) bond motifs is 1. The Kier molecular flexibility index (Phi) is 4.83. The minimum atomic E-state index is -1.36. The van der Waals surface area contributed by atoms with E-state index in [2.05, 4.69) is 19.2 Å². The minimum Gasteiger partial charge on any atom is -0.375 e. The molecule has 0 aromatic heterocycles. The van der Waals surface area contributed by atoms with E-state index in [0.29, 0.717) is 23.9 Å². The van der Waals surface area contributed by atoms with Crippen LogP contribution in [0.4, 0.5) is 0 Å². The summed E-state index contributed by atoms with van der Waals surface area (Å²) in [6.07, 6.45) is 5.31. The molecule has 2 saturated carbocycles. The zero-order valence-corrected chi connectivity index (χ0v) is 16.0. The SMILES string of the molecule is CC(C)NC1C2CN(C(=O)C(O)(c3ccccc3)C3CCCCC3)CC21. The maximum atomic E-state index is 13.5. The summed E-state index contributed by atoms with van der Waals surface area (Å²) in [5.41, 5.74) is -0.589. The van der Waals surface area contributed by atoms with Crippen molar-refractivity contribution in [3.63, 3.8) is 0 Å². The molecule has 1 heterocycles. The maximum Gasteiger partial charge on any atom is 0.259 e. The normalized spacial score (nSPS) is 30.9. The molecular formula is C22H32N2O2. The zero-order valence-electron chi connectivity index (χ0n) is 16.0. The molecule has 0 bridgehead atoms. The molecule has 142 valence electrons. The predicted octanol–water partition coefficient (Wildman–Crippen LogP) is 2.91. The second-order valence-corrected chi connectivity index (χ2v) is 8.85. The zero-order chi connectivity index (χ0) is 18.3. The van der Waals surface area contributed by atoms with Crippen LogP contribution in [-0.2, 0) is 10.4 Å². The third-order valence-electron chi connectivity index (χ3n) is 6.74. The summed E-state index contributed by atoms with van der Waals surface area (Å²) >= 11 is 0. The van der Waals surface area contributed by atoms with E-state index < -0.39 is 5.60 Å². The standard InChI is InChI=1S/C22H32N2O2/c1-15(2)23-20-18-13-24(14-19(18)20)21(25)22(26,16-9-5-3-6-10-16)17-11-7-4-8-12-17/h3,5-6,9-10,15,17-20,23,26H,4,7-8,11-14H2,1-2H3. The Bertz CT molecular complexity index is 629. The van der Waals surface area contributed by atoms with Gasteiger partial charge < -0.3 is 15.3 Å². The van der Waals surface area contributed by atoms with Crippen molar-refractivity contribution in [2.24, 2.45) is 17.8 Å². The summed E-state index contributed by atoms with van der Waals surface area (Å²) in [4.78, 5) is 15.5. The lowest BCUT2D eigenvalue weighted by molar-refractivity contribution is -0.160. The first kappa shape index (κ1) is 18.0. The van der Waals surface area contributed by atoms with Gasteiger partial charge in [-0.15, -0.1) is 0 Å². The van der Waals surface area contributed by atoms with Crippen molar-refractivity contribution in [1.29, 1.82) is 0 Å². The van der Waals surface area contributed by atoms with Crippen LogP contribution >= 0.6 is 0 Å². The van der Waals surface area contributed by atoms with E-state index >= 15 is 0 Å². The Labute approximate surface area is 157 Å². The van der Waals surface area contributed by atoms with Crippen LogP contribution in [0.3, 0.4) is 0 Å². The number of piperidine rings is 1. The molecule has 1 aliphatic heterocycles. The van der Waals surface area contributed by atoms with Gasteiger partial charge in [-0.2, -0.15) is 0 Å². The van der Waals surface area contributed by atoms with Crippen LogP contribution in [-0.4, -0.2) is 41.1 Å². The third-order valence-corrected chi connectivity index (χ3v) is 6.74. The Balaban J connectivity index is 1.53. The van der Waals surface area contributed by atoms with Crippen LogP contribution in [0, 0.1) is 17.8 Å². The number of benzene rings is 1. The van der Waals surface area contributed by atoms with Gasteiger partial charge in [0.1, 0.15) is 0 Å². The van der Waals surface area contributed by atoms with Crippen molar-refractivity contribution in [3.8, 4) is 0 Å². The van der Waals surface area contributed by atoms with Crippen molar-refractivity contribution in [2.75, 3.05) is 13.1 Å². The number of aliphatic hydroxyl groups is 1. The molecule has 1 aromatic rings. The highest BCUT2D eigenvalue weighted by atomic mass is 16.3. The van der Waals surface area contributed by atoms with Crippen LogP contribution in [0.25, 0.3) is 0 Å². The number of amides is 1. The summed E-state index contributed by atoms with van der Waals surface area (Å²) in [6, 6.07) is 10.7. The fraction of sp³-hybridized carbons (Fsp3) is 0.682. The van der Waals surface area contributed by atoms with E-state index in [4.69, 9.17) is 0 Å². The van der Waals surface area contributed by atoms with Gasteiger partial charge in [0.05, 0.1) is 0 Å². The number of rotatable bonds is 5. The van der Waals surface area contributed by atoms with E-state index in [0.717, 1.165) is 44.3 Å². The average molecular weight is 357 g/mol. The number of nitrogens with zero attached hydrogens (tertiary/aromatic N) is 1. The van der Waals surface area contributed by atoms with E-state index in [9.17, 15) is 9.90 Å². The Hall–Kier alpha value is -1.39. The summed E-state index contributed by atoms with van der Waals surface area (Å²) in [6.45, 7) is 5.92. The smallest absolute Gasteiger partial charge is 0.259 e. The highest BCUT2D eigenvalue weighted by Crippen LogP contribution is 2.48. The molecule has 3 aliphatic rings. The van der Waals surface area contributed by atoms with Crippen LogP contribution in [0.2, 0.25) is 0 Å². The molecule has 0 radical (unpaired) electrons. The number of nitrogens with one attached hydrogen (secondary N) is 1. The Morgan fingerprint density at radius 3 is 2.31 bits per heavy atom. The van der Waals surface area contributed by atoms with Crippen molar-refractivity contribution in [2.45, 2.75) is 63.6 Å². The lowest BCUT2D eigenvalue weighted by atomic mass is 9.72. The van der Waals surface area contributed by atoms with Crippen molar-refractivity contribution < 1.29 is 9.90 Å². The fourth-order valence-electron chi connectivity index (χ4n) is 5.31. The highest BCUT2D eigenvalue weighted by molar-refractivity contribution is 5.87. The largest absolute Gasteiger partial charge is 0.375 e. The first-order chi connectivity index (χ1) is 12.5. The molecule has 3 fully saturated rings. The molecule has 4 nitrogen and oxygen atoms in total. The molecule has 1 saturated heterocycles. The van der Waals surface area contributed by atoms with Gasteiger partial charge in [-0.25, -0.2) is 0 Å². The van der Waals surface area contributed by atoms with Crippen LogP contribution in [0.1, 0.15) is 51.5 Å². The number of hydrogen-bond donors (Lipinski definition) is 2. The monoisotopic (exact) mass is 356 g/mol. The number of carbonyl (C=O) groups is 1.